The first-order chi connectivity index (χ1) is 55.7. The Balaban J connectivity index is 0.000000316. The molecule has 32 nitrogen and oxygen atoms in total. The molecule has 646 valence electrons. The Morgan fingerprint density at radius 1 is 0.571 bits per heavy atom. The lowest BCUT2D eigenvalue weighted by atomic mass is 9.81. The number of ether oxygens (including phenoxy) is 8. The second-order valence-corrected chi connectivity index (χ2v) is 29.3. The number of nitrogens with zero attached hydrogens (tertiary/aromatic N) is 6. The van der Waals surface area contributed by atoms with E-state index in [2.05, 4.69) is 78.4 Å². The summed E-state index contributed by atoms with van der Waals surface area (Å²) in [4.78, 5) is 110. The van der Waals surface area contributed by atoms with Gasteiger partial charge in [-0.1, -0.05) is 87.7 Å². The van der Waals surface area contributed by atoms with Crippen molar-refractivity contribution in [3.05, 3.63) is 182 Å². The van der Waals surface area contributed by atoms with Gasteiger partial charge < -0.3 is 77.8 Å². The van der Waals surface area contributed by atoms with E-state index in [4.69, 9.17) is 58.5 Å². The maximum Gasteiger partial charge on any atom is 0.416 e. The molecule has 0 saturated heterocycles. The number of amides is 8. The van der Waals surface area contributed by atoms with E-state index in [0.29, 0.717) is 74.8 Å². The number of aromatic nitrogens is 2. The van der Waals surface area contributed by atoms with Gasteiger partial charge in [-0.15, -0.1) is 0 Å². The Morgan fingerprint density at radius 2 is 1.02 bits per heavy atom. The number of anilines is 5. The SMILES string of the molecule is CCC(C)(CC)c1cc(NC(=O)c2c(OC)cccc2OC)on1.CCC(C)(CC)c1cc(NC(=O)c2c(OC)cccc2OC)on1.CCOC(=O)C(C)OC(=O)c1cc(Oc2ccc(C(F)(F)F)cc2Cl)ccc1[N+](=O)[O-].CN(C)C(=O)Nc1cccc(N(C(=O)O)C(C)(C)C)c1.CN(C)C(=O)Nc1cccc(OC(=O)NC(C)(C)C)c1. The molecule has 6 aromatic carbocycles. The number of carbonyl (C=O) groups excluding carboxylic acids is 7. The van der Waals surface area contributed by atoms with Crippen LogP contribution in [-0.2, 0) is 31.3 Å². The molecule has 2 heterocycles. The first-order valence-corrected chi connectivity index (χ1v) is 37.5. The van der Waals surface area contributed by atoms with Gasteiger partial charge in [0.05, 0.1) is 61.9 Å². The molecule has 0 aliphatic heterocycles. The van der Waals surface area contributed by atoms with Crippen LogP contribution in [0.3, 0.4) is 0 Å². The zero-order valence-corrected chi connectivity index (χ0v) is 71.4. The molecule has 36 heteroatoms. The lowest BCUT2D eigenvalue weighted by molar-refractivity contribution is -0.385. The van der Waals surface area contributed by atoms with Crippen LogP contribution in [0.2, 0.25) is 5.02 Å². The number of hydrogen-bond acceptors (Lipinski definition) is 22. The summed E-state index contributed by atoms with van der Waals surface area (Å²) >= 11 is 5.83. The third kappa shape index (κ3) is 29.4. The fourth-order valence-electron chi connectivity index (χ4n) is 10.3. The number of carboxylic acid groups (broad SMARTS) is 1. The van der Waals surface area contributed by atoms with Gasteiger partial charge >= 0.3 is 42.4 Å². The van der Waals surface area contributed by atoms with E-state index in [-0.39, 0.29) is 63.4 Å². The molecule has 0 saturated carbocycles. The Labute approximate surface area is 693 Å². The van der Waals surface area contributed by atoms with Crippen molar-refractivity contribution >= 4 is 94.1 Å². The summed E-state index contributed by atoms with van der Waals surface area (Å²) in [6.07, 6.45) is -3.77. The van der Waals surface area contributed by atoms with Crippen molar-refractivity contribution in [1.82, 2.24) is 25.4 Å². The third-order valence-corrected chi connectivity index (χ3v) is 18.0. The molecule has 8 aromatic rings. The van der Waals surface area contributed by atoms with Gasteiger partial charge in [-0.05, 0) is 160 Å². The number of esters is 2. The number of urea groups is 2. The number of benzene rings is 6. The molecular weight excluding hydrogens is 1580 g/mol. The molecule has 0 bridgehead atoms. The monoisotopic (exact) mass is 1680 g/mol. The first kappa shape index (κ1) is 98.5. The number of methoxy groups -OCH3 is 4. The van der Waals surface area contributed by atoms with Gasteiger partial charge in [-0.3, -0.25) is 35.2 Å². The molecule has 0 spiro atoms. The zero-order valence-electron chi connectivity index (χ0n) is 70.6. The summed E-state index contributed by atoms with van der Waals surface area (Å²) in [5.74, 6) is -0.419. The molecule has 0 aliphatic rings. The topological polar surface area (TPSA) is 396 Å². The van der Waals surface area contributed by atoms with Crippen molar-refractivity contribution in [3.8, 4) is 40.2 Å². The van der Waals surface area contributed by atoms with Gasteiger partial charge in [-0.2, -0.15) is 13.2 Å². The smallest absolute Gasteiger partial charge is 0.416 e. The molecule has 119 heavy (non-hydrogen) atoms. The molecule has 0 fully saturated rings. The van der Waals surface area contributed by atoms with Gasteiger partial charge in [0.25, 0.3) is 17.5 Å². The van der Waals surface area contributed by atoms with E-state index in [0.717, 1.165) is 67.4 Å². The van der Waals surface area contributed by atoms with Crippen molar-refractivity contribution in [3.63, 3.8) is 0 Å². The van der Waals surface area contributed by atoms with Crippen LogP contribution in [0, 0.1) is 10.1 Å². The molecule has 2 aromatic heterocycles. The van der Waals surface area contributed by atoms with E-state index in [1.54, 1.807) is 132 Å². The summed E-state index contributed by atoms with van der Waals surface area (Å²) in [5.41, 5.74) is 0.655. The number of nitro groups is 1. The molecule has 0 radical (unpaired) electrons. The zero-order chi connectivity index (χ0) is 89.7. The lowest BCUT2D eigenvalue weighted by Crippen LogP contribution is -2.45. The quantitative estimate of drug-likeness (QED) is 0.0176. The predicted molar refractivity (Wildman–Crippen MR) is 442 cm³/mol. The van der Waals surface area contributed by atoms with Crippen molar-refractivity contribution < 1.29 is 108 Å². The second kappa shape index (κ2) is 44.5. The van der Waals surface area contributed by atoms with Crippen LogP contribution in [0.5, 0.6) is 40.2 Å². The standard InChI is InChI=1S/C19H15ClF3NO7.2C18H24N2O4.2C14H21N3O3/c1-3-29-17(25)10(2)30-18(26)13-9-12(5-6-15(13)24(27)28)31-16-7-4-11(8-14(16)20)19(21,22)23;2*1-6-18(3,7-2)14-11-15(24-20-14)19-17(21)16-12(22-4)9-8-10-13(16)23-5;1-14(2,3)16-13(19)20-11-8-6-7-10(9-11)15-12(18)17(4)5;1-14(2,3)17(13(19)20)11-8-6-7-10(9-11)15-12(18)16(4)5/h4-10H,3H2,1-2H3;2*8-11H,6-7H2,1-5H3,(H,19,21);6-9H,1-5H3,(H,15,18)(H,16,19);6-9H,1-5H3,(H,15,18)(H,19,20). The highest BCUT2D eigenvalue weighted by atomic mass is 35.5. The molecule has 0 aliphatic carbocycles. The van der Waals surface area contributed by atoms with Gasteiger partial charge in [-0.25, -0.2) is 28.8 Å². The highest BCUT2D eigenvalue weighted by molar-refractivity contribution is 6.32. The fraction of sp³-hybridized carbons (Fsp3) is 0.398. The highest BCUT2D eigenvalue weighted by Crippen LogP contribution is 2.40. The molecule has 8 rings (SSSR count). The number of carbonyl (C=O) groups is 8. The van der Waals surface area contributed by atoms with Crippen LogP contribution < -0.4 is 59.9 Å². The highest BCUT2D eigenvalue weighted by Gasteiger charge is 2.34. The number of nitro benzene ring substituents is 1. The minimum absolute atomic E-state index is 0.0398. The number of alkyl halides is 3. The van der Waals surface area contributed by atoms with Crippen molar-refractivity contribution in [2.45, 2.75) is 157 Å². The Bertz CT molecular complexity index is 4610. The van der Waals surface area contributed by atoms with Crippen molar-refractivity contribution in [2.75, 3.05) is 89.4 Å². The van der Waals surface area contributed by atoms with E-state index < -0.39 is 63.7 Å². The van der Waals surface area contributed by atoms with Crippen molar-refractivity contribution in [2.24, 2.45) is 0 Å². The number of hydrogen-bond donors (Lipinski definition) is 6. The third-order valence-electron chi connectivity index (χ3n) is 17.7. The summed E-state index contributed by atoms with van der Waals surface area (Å²) in [6, 6.07) is 32.1. The normalized spacial score (nSPS) is 11.3. The van der Waals surface area contributed by atoms with E-state index in [1.807, 2.05) is 41.5 Å². The molecule has 1 atom stereocenters. The van der Waals surface area contributed by atoms with E-state index >= 15 is 0 Å². The lowest BCUT2D eigenvalue weighted by Gasteiger charge is -2.33. The molecule has 1 unspecified atom stereocenters. The van der Waals surface area contributed by atoms with Crippen LogP contribution in [-0.4, -0.2) is 159 Å². The maximum absolute atomic E-state index is 12.8. The van der Waals surface area contributed by atoms with Crippen LogP contribution in [0.4, 0.5) is 66.9 Å². The summed E-state index contributed by atoms with van der Waals surface area (Å²) in [7, 11) is 12.6. The van der Waals surface area contributed by atoms with E-state index in [1.165, 1.54) is 50.1 Å². The first-order valence-electron chi connectivity index (χ1n) is 37.1. The Kier molecular flexibility index (Phi) is 36.8. The second-order valence-electron chi connectivity index (χ2n) is 28.9. The average molecular weight is 1690 g/mol. The average Bonchev–Trinajstić information content (AvgIpc) is 1.81. The number of rotatable bonds is 25. The molecule has 6 N–H and O–H groups in total. The maximum atomic E-state index is 12.8. The van der Waals surface area contributed by atoms with Gasteiger partial charge in [0.15, 0.2) is 6.10 Å². The van der Waals surface area contributed by atoms with E-state index in [9.17, 15) is 66.7 Å². The van der Waals surface area contributed by atoms with Crippen molar-refractivity contribution in [1.29, 1.82) is 0 Å². The molecular formula is C83H105ClF3N11O21. The Morgan fingerprint density at radius 3 is 1.40 bits per heavy atom. The van der Waals surface area contributed by atoms with Crippen LogP contribution in [0.15, 0.2) is 143 Å². The molecule has 8 amide bonds. The van der Waals surface area contributed by atoms with Crippen LogP contribution in [0.25, 0.3) is 0 Å². The van der Waals surface area contributed by atoms with Crippen LogP contribution in [0.1, 0.15) is 171 Å². The largest absolute Gasteiger partial charge is 0.496 e. The summed E-state index contributed by atoms with van der Waals surface area (Å²) < 4.78 is 90.0. The summed E-state index contributed by atoms with van der Waals surface area (Å²) in [6.45, 7) is 26.5. The van der Waals surface area contributed by atoms with Gasteiger partial charge in [0.2, 0.25) is 11.8 Å². The predicted octanol–water partition coefficient (Wildman–Crippen LogP) is 18.9. The minimum Gasteiger partial charge on any atom is -0.496 e. The van der Waals surface area contributed by atoms with Gasteiger partial charge in [0.1, 0.15) is 56.9 Å². The Hall–Kier alpha value is -12.8. The fourth-order valence-corrected chi connectivity index (χ4v) is 10.6. The van der Waals surface area contributed by atoms with Gasteiger partial charge in [0, 0.05) is 97.5 Å². The number of nitrogens with one attached hydrogen (secondary N) is 5. The number of halogens is 4. The minimum atomic E-state index is -4.61. The summed E-state index contributed by atoms with van der Waals surface area (Å²) in [5, 5.41) is 41.9. The van der Waals surface area contributed by atoms with Crippen LogP contribution >= 0.6 is 11.6 Å².